The first-order valence-corrected chi connectivity index (χ1v) is 6.27. The number of amides is 1. The molecule has 3 unspecified atom stereocenters. The second-order valence-electron chi connectivity index (χ2n) is 4.26. The van der Waals surface area contributed by atoms with Gasteiger partial charge in [-0.1, -0.05) is 0 Å². The lowest BCUT2D eigenvalue weighted by molar-refractivity contribution is -0.139. The van der Waals surface area contributed by atoms with E-state index < -0.39 is 0 Å². The lowest BCUT2D eigenvalue weighted by atomic mass is 9.68. The Morgan fingerprint density at radius 3 is 3.00 bits per heavy atom. The van der Waals surface area contributed by atoms with Gasteiger partial charge in [0.1, 0.15) is 5.78 Å². The molecule has 3 atom stereocenters. The van der Waals surface area contributed by atoms with Crippen LogP contribution in [0.5, 0.6) is 0 Å². The predicted molar refractivity (Wildman–Crippen MR) is 59.5 cm³/mol. The van der Waals surface area contributed by atoms with Crippen molar-refractivity contribution in [1.29, 1.82) is 0 Å². The molecule has 16 heavy (non-hydrogen) atoms. The summed E-state index contributed by atoms with van der Waals surface area (Å²) in [4.78, 5) is 25.1. The molecule has 2 rings (SSSR count). The molecule has 4 nitrogen and oxygen atoms in total. The average Bonchev–Trinajstić information content (AvgIpc) is 2.66. The van der Waals surface area contributed by atoms with Crippen LogP contribution >= 0.6 is 11.6 Å². The highest BCUT2D eigenvalue weighted by atomic mass is 35.5. The molecule has 2 fully saturated rings. The van der Waals surface area contributed by atoms with E-state index in [2.05, 4.69) is 0 Å². The fourth-order valence-electron chi connectivity index (χ4n) is 2.80. The SMILES string of the molecule is CCOC(=O)N1CCC2C(=O)C(CCCl)C21. The maximum atomic E-state index is 11.7. The molecule has 1 amide bonds. The number of nitrogens with zero attached hydrogens (tertiary/aromatic N) is 1. The Labute approximate surface area is 99.9 Å². The molecular weight excluding hydrogens is 230 g/mol. The molecule has 90 valence electrons. The Kier molecular flexibility index (Phi) is 3.38. The van der Waals surface area contributed by atoms with Crippen molar-refractivity contribution in [3.8, 4) is 0 Å². The normalized spacial score (nSPS) is 32.2. The van der Waals surface area contributed by atoms with Crippen LogP contribution in [-0.4, -0.2) is 41.8 Å². The van der Waals surface area contributed by atoms with E-state index in [4.69, 9.17) is 16.3 Å². The van der Waals surface area contributed by atoms with E-state index in [1.807, 2.05) is 0 Å². The van der Waals surface area contributed by atoms with Gasteiger partial charge < -0.3 is 9.64 Å². The molecular formula is C11H16ClNO3. The molecule has 0 aromatic carbocycles. The van der Waals surface area contributed by atoms with E-state index in [1.54, 1.807) is 11.8 Å². The van der Waals surface area contributed by atoms with Crippen molar-refractivity contribution in [2.24, 2.45) is 11.8 Å². The van der Waals surface area contributed by atoms with Crippen LogP contribution in [0.3, 0.4) is 0 Å². The zero-order valence-electron chi connectivity index (χ0n) is 9.32. The molecule has 1 aliphatic heterocycles. The zero-order chi connectivity index (χ0) is 11.7. The maximum Gasteiger partial charge on any atom is 0.410 e. The van der Waals surface area contributed by atoms with Crippen LogP contribution in [0.15, 0.2) is 0 Å². The second-order valence-corrected chi connectivity index (χ2v) is 4.64. The molecule has 0 spiro atoms. The highest BCUT2D eigenvalue weighted by Crippen LogP contribution is 2.43. The van der Waals surface area contributed by atoms with Gasteiger partial charge in [0, 0.05) is 24.3 Å². The highest BCUT2D eigenvalue weighted by molar-refractivity contribution is 6.18. The molecule has 1 aliphatic carbocycles. The van der Waals surface area contributed by atoms with Gasteiger partial charge in [-0.2, -0.15) is 0 Å². The molecule has 0 aromatic heterocycles. The number of halogens is 1. The van der Waals surface area contributed by atoms with Gasteiger partial charge in [-0.25, -0.2) is 4.79 Å². The maximum absolute atomic E-state index is 11.7. The fourth-order valence-corrected chi connectivity index (χ4v) is 3.03. The first kappa shape index (κ1) is 11.7. The fraction of sp³-hybridized carbons (Fsp3) is 0.818. The lowest BCUT2D eigenvalue weighted by Crippen LogP contribution is -2.56. The summed E-state index contributed by atoms with van der Waals surface area (Å²) >= 11 is 5.67. The molecule has 1 saturated heterocycles. The van der Waals surface area contributed by atoms with E-state index >= 15 is 0 Å². The van der Waals surface area contributed by atoms with Crippen molar-refractivity contribution in [2.75, 3.05) is 19.0 Å². The van der Waals surface area contributed by atoms with Gasteiger partial charge in [0.2, 0.25) is 0 Å². The number of ether oxygens (including phenoxy) is 1. The molecule has 0 N–H and O–H groups in total. The van der Waals surface area contributed by atoms with Crippen LogP contribution < -0.4 is 0 Å². The van der Waals surface area contributed by atoms with Crippen molar-refractivity contribution in [3.63, 3.8) is 0 Å². The summed E-state index contributed by atoms with van der Waals surface area (Å²) in [5.41, 5.74) is 0. The van der Waals surface area contributed by atoms with Crippen LogP contribution in [-0.2, 0) is 9.53 Å². The number of ketones is 1. The minimum Gasteiger partial charge on any atom is -0.450 e. The second kappa shape index (κ2) is 4.62. The quantitative estimate of drug-likeness (QED) is 0.711. The minimum atomic E-state index is -0.290. The van der Waals surface area contributed by atoms with E-state index in [0.29, 0.717) is 25.5 Å². The van der Waals surface area contributed by atoms with Gasteiger partial charge in [0.25, 0.3) is 0 Å². The molecule has 0 bridgehead atoms. The highest BCUT2D eigenvalue weighted by Gasteiger charge is 2.56. The predicted octanol–water partition coefficient (Wildman–Crippen LogP) is 1.66. The number of rotatable bonds is 3. The first-order valence-electron chi connectivity index (χ1n) is 5.73. The summed E-state index contributed by atoms with van der Waals surface area (Å²) in [5, 5.41) is 0. The Morgan fingerprint density at radius 2 is 2.38 bits per heavy atom. The molecule has 2 aliphatic rings. The third-order valence-electron chi connectivity index (χ3n) is 3.52. The van der Waals surface area contributed by atoms with Crippen molar-refractivity contribution in [3.05, 3.63) is 0 Å². The Morgan fingerprint density at radius 1 is 1.62 bits per heavy atom. The summed E-state index contributed by atoms with van der Waals surface area (Å²) in [5.74, 6) is 0.723. The van der Waals surface area contributed by atoms with E-state index in [1.165, 1.54) is 0 Å². The van der Waals surface area contributed by atoms with E-state index in [0.717, 1.165) is 6.42 Å². The Balaban J connectivity index is 2.02. The van der Waals surface area contributed by atoms with Crippen LogP contribution in [0.4, 0.5) is 4.79 Å². The lowest BCUT2D eigenvalue weighted by Gasteiger charge is -2.41. The third-order valence-corrected chi connectivity index (χ3v) is 3.74. The number of hydrogen-bond acceptors (Lipinski definition) is 3. The number of hydrogen-bond donors (Lipinski definition) is 0. The van der Waals surface area contributed by atoms with Crippen LogP contribution in [0.25, 0.3) is 0 Å². The summed E-state index contributed by atoms with van der Waals surface area (Å²) in [6, 6.07) is 0.0466. The Hall–Kier alpha value is -0.770. The monoisotopic (exact) mass is 245 g/mol. The topological polar surface area (TPSA) is 46.6 Å². The number of carbonyl (C=O) groups excluding carboxylic acids is 2. The minimum absolute atomic E-state index is 0.0395. The van der Waals surface area contributed by atoms with E-state index in [9.17, 15) is 9.59 Å². The van der Waals surface area contributed by atoms with Gasteiger partial charge in [-0.15, -0.1) is 11.6 Å². The zero-order valence-corrected chi connectivity index (χ0v) is 10.1. The summed E-state index contributed by atoms with van der Waals surface area (Å²) in [6.07, 6.45) is 1.15. The van der Waals surface area contributed by atoms with Gasteiger partial charge in [0.05, 0.1) is 12.6 Å². The van der Waals surface area contributed by atoms with Crippen molar-refractivity contribution >= 4 is 23.5 Å². The molecule has 1 heterocycles. The van der Waals surface area contributed by atoms with Gasteiger partial charge in [-0.3, -0.25) is 4.79 Å². The number of likely N-dealkylation sites (tertiary alicyclic amines) is 1. The first-order chi connectivity index (χ1) is 7.70. The number of alkyl halides is 1. The Bertz CT molecular complexity index is 308. The molecule has 0 aromatic rings. The van der Waals surface area contributed by atoms with Crippen molar-refractivity contribution < 1.29 is 14.3 Å². The van der Waals surface area contributed by atoms with E-state index in [-0.39, 0.29) is 29.8 Å². The number of fused-ring (bicyclic) bond motifs is 1. The molecule has 5 heteroatoms. The molecule has 1 saturated carbocycles. The number of carbonyl (C=O) groups is 2. The third kappa shape index (κ3) is 1.69. The summed E-state index contributed by atoms with van der Waals surface area (Å²) in [7, 11) is 0. The van der Waals surface area contributed by atoms with Gasteiger partial charge in [-0.05, 0) is 19.8 Å². The number of Topliss-reactive ketones (excluding diaryl/α,β-unsaturated/α-hetero) is 1. The van der Waals surface area contributed by atoms with Crippen LogP contribution in [0.2, 0.25) is 0 Å². The van der Waals surface area contributed by atoms with Gasteiger partial charge in [0.15, 0.2) is 0 Å². The van der Waals surface area contributed by atoms with Crippen LogP contribution in [0.1, 0.15) is 19.8 Å². The summed E-state index contributed by atoms with van der Waals surface area (Å²) < 4.78 is 4.98. The largest absolute Gasteiger partial charge is 0.450 e. The van der Waals surface area contributed by atoms with Gasteiger partial charge >= 0.3 is 6.09 Å². The van der Waals surface area contributed by atoms with Crippen molar-refractivity contribution in [1.82, 2.24) is 4.90 Å². The average molecular weight is 246 g/mol. The molecule has 0 radical (unpaired) electrons. The smallest absolute Gasteiger partial charge is 0.410 e. The standard InChI is InChI=1S/C11H16ClNO3/c1-2-16-11(15)13-6-4-8-9(13)7(3-5-12)10(8)14/h7-9H,2-6H2,1H3. The van der Waals surface area contributed by atoms with Crippen LogP contribution in [0, 0.1) is 11.8 Å². The summed E-state index contributed by atoms with van der Waals surface area (Å²) in [6.45, 7) is 2.80. The van der Waals surface area contributed by atoms with Crippen molar-refractivity contribution in [2.45, 2.75) is 25.8 Å².